The monoisotopic (exact) mass is 341 g/mol. The van der Waals surface area contributed by atoms with Gasteiger partial charge in [-0.1, -0.05) is 29.8 Å². The third-order valence-corrected chi connectivity index (χ3v) is 5.12. The first-order valence-electron chi connectivity index (χ1n) is 8.37. The first-order chi connectivity index (χ1) is 11.8. The molecule has 25 heavy (non-hydrogen) atoms. The molecule has 6 nitrogen and oxygen atoms in total. The number of carbonyl (C=O) groups is 2. The zero-order valence-electron chi connectivity index (χ0n) is 15.0. The summed E-state index contributed by atoms with van der Waals surface area (Å²) >= 11 is 0. The van der Waals surface area contributed by atoms with E-state index in [4.69, 9.17) is 0 Å². The lowest BCUT2D eigenvalue weighted by atomic mass is 9.92. The lowest BCUT2D eigenvalue weighted by Crippen LogP contribution is -2.30. The van der Waals surface area contributed by atoms with Crippen molar-refractivity contribution in [1.29, 1.82) is 0 Å². The molecule has 1 aliphatic heterocycles. The van der Waals surface area contributed by atoms with Gasteiger partial charge < -0.3 is 10.0 Å². The van der Waals surface area contributed by atoms with Crippen LogP contribution in [0.25, 0.3) is 0 Å². The number of aliphatic carboxylic acids is 1. The molecule has 3 rings (SSSR count). The minimum absolute atomic E-state index is 0.0340. The Hall–Kier alpha value is -2.63. The smallest absolute Gasteiger partial charge is 0.309 e. The molecule has 0 radical (unpaired) electrons. The maximum Gasteiger partial charge on any atom is 0.309 e. The molecule has 1 fully saturated rings. The topological polar surface area (TPSA) is 75.4 Å². The molecule has 1 N–H and O–H groups in total. The third-order valence-electron chi connectivity index (χ3n) is 5.12. The molecule has 132 valence electrons. The molecule has 1 aromatic heterocycles. The van der Waals surface area contributed by atoms with Crippen molar-refractivity contribution in [2.45, 2.75) is 39.8 Å². The standard InChI is InChI=1S/C19H23N3O3/c1-11-6-5-7-14(8-11)18-15(19(24)25)9-17(23)22(18)10-16-12(2)20-21(4)13(16)3/h5-8,15,18H,9-10H2,1-4H3,(H,24,25). The van der Waals surface area contributed by atoms with Gasteiger partial charge >= 0.3 is 5.97 Å². The number of carboxylic acids is 1. The lowest BCUT2D eigenvalue weighted by molar-refractivity contribution is -0.142. The van der Waals surface area contributed by atoms with Crippen molar-refractivity contribution in [2.75, 3.05) is 0 Å². The molecule has 1 amide bonds. The fourth-order valence-electron chi connectivity index (χ4n) is 3.68. The summed E-state index contributed by atoms with van der Waals surface area (Å²) in [5, 5.41) is 14.0. The first-order valence-corrected chi connectivity index (χ1v) is 8.37. The highest BCUT2D eigenvalue weighted by Gasteiger charge is 2.45. The van der Waals surface area contributed by atoms with E-state index >= 15 is 0 Å². The Morgan fingerprint density at radius 3 is 2.60 bits per heavy atom. The quantitative estimate of drug-likeness (QED) is 0.927. The Balaban J connectivity index is 2.03. The Kier molecular flexibility index (Phi) is 4.37. The van der Waals surface area contributed by atoms with Crippen LogP contribution in [0.15, 0.2) is 24.3 Å². The molecular formula is C19H23N3O3. The first kappa shape index (κ1) is 17.2. The van der Waals surface area contributed by atoms with Crippen LogP contribution in [0.2, 0.25) is 0 Å². The second-order valence-corrected chi connectivity index (χ2v) is 6.80. The number of rotatable bonds is 4. The van der Waals surface area contributed by atoms with E-state index in [0.717, 1.165) is 28.1 Å². The summed E-state index contributed by atoms with van der Waals surface area (Å²) in [6.07, 6.45) is 0.0340. The largest absolute Gasteiger partial charge is 0.481 e. The minimum atomic E-state index is -0.929. The molecule has 1 aliphatic rings. The zero-order valence-corrected chi connectivity index (χ0v) is 15.0. The number of aromatic nitrogens is 2. The van der Waals surface area contributed by atoms with E-state index in [1.165, 1.54) is 0 Å². The van der Waals surface area contributed by atoms with E-state index in [0.29, 0.717) is 6.54 Å². The molecule has 0 aliphatic carbocycles. The lowest BCUT2D eigenvalue weighted by Gasteiger charge is -2.28. The van der Waals surface area contributed by atoms with Crippen LogP contribution >= 0.6 is 0 Å². The van der Waals surface area contributed by atoms with Crippen molar-refractivity contribution in [1.82, 2.24) is 14.7 Å². The number of aryl methyl sites for hydroxylation is 3. The molecule has 2 aromatic rings. The average Bonchev–Trinajstić information content (AvgIpc) is 2.99. The summed E-state index contributed by atoms with van der Waals surface area (Å²) in [6, 6.07) is 7.29. The van der Waals surface area contributed by atoms with Crippen molar-refractivity contribution >= 4 is 11.9 Å². The van der Waals surface area contributed by atoms with Crippen LogP contribution < -0.4 is 0 Å². The summed E-state index contributed by atoms with van der Waals surface area (Å²) in [6.45, 7) is 6.23. The average molecular weight is 341 g/mol. The number of hydrogen-bond acceptors (Lipinski definition) is 3. The molecule has 1 aromatic carbocycles. The van der Waals surface area contributed by atoms with Gasteiger partial charge in [0.15, 0.2) is 0 Å². The molecule has 6 heteroatoms. The van der Waals surface area contributed by atoms with E-state index in [1.54, 1.807) is 9.58 Å². The second-order valence-electron chi connectivity index (χ2n) is 6.80. The van der Waals surface area contributed by atoms with Crippen molar-refractivity contribution < 1.29 is 14.7 Å². The second kappa shape index (κ2) is 6.35. The Morgan fingerprint density at radius 2 is 2.04 bits per heavy atom. The van der Waals surface area contributed by atoms with Gasteiger partial charge in [0.05, 0.1) is 17.7 Å². The highest BCUT2D eigenvalue weighted by atomic mass is 16.4. The molecule has 2 heterocycles. The number of likely N-dealkylation sites (tertiary alicyclic amines) is 1. The number of nitrogens with zero attached hydrogens (tertiary/aromatic N) is 3. The van der Waals surface area contributed by atoms with Crippen molar-refractivity contribution in [3.05, 3.63) is 52.3 Å². The van der Waals surface area contributed by atoms with Crippen LogP contribution in [0.4, 0.5) is 0 Å². The Labute approximate surface area is 147 Å². The van der Waals surface area contributed by atoms with E-state index in [2.05, 4.69) is 5.10 Å². The van der Waals surface area contributed by atoms with Gasteiger partial charge in [-0.25, -0.2) is 0 Å². The molecule has 1 saturated heterocycles. The maximum absolute atomic E-state index is 12.6. The predicted octanol–water partition coefficient (Wildman–Crippen LogP) is 2.52. The summed E-state index contributed by atoms with van der Waals surface area (Å²) in [5.41, 5.74) is 4.77. The van der Waals surface area contributed by atoms with Crippen LogP contribution in [0.3, 0.4) is 0 Å². The number of amides is 1. The molecule has 0 spiro atoms. The number of hydrogen-bond donors (Lipinski definition) is 1. The number of carboxylic acid groups (broad SMARTS) is 1. The predicted molar refractivity (Wildman–Crippen MR) is 92.9 cm³/mol. The van der Waals surface area contributed by atoms with Gasteiger partial charge in [0.25, 0.3) is 0 Å². The van der Waals surface area contributed by atoms with Crippen LogP contribution in [0, 0.1) is 26.7 Å². The third kappa shape index (κ3) is 3.04. The normalized spacial score (nSPS) is 20.3. The fraction of sp³-hybridized carbons (Fsp3) is 0.421. The summed E-state index contributed by atoms with van der Waals surface area (Å²) in [4.78, 5) is 26.1. The minimum Gasteiger partial charge on any atom is -0.481 e. The van der Waals surface area contributed by atoms with Crippen molar-refractivity contribution in [2.24, 2.45) is 13.0 Å². The van der Waals surface area contributed by atoms with Crippen molar-refractivity contribution in [3.63, 3.8) is 0 Å². The summed E-state index contributed by atoms with van der Waals surface area (Å²) < 4.78 is 1.79. The van der Waals surface area contributed by atoms with Gasteiger partial charge in [-0.05, 0) is 26.3 Å². The highest BCUT2D eigenvalue weighted by molar-refractivity contribution is 5.87. The molecule has 2 atom stereocenters. The molecular weight excluding hydrogens is 318 g/mol. The zero-order chi connectivity index (χ0) is 18.3. The van der Waals surface area contributed by atoms with Gasteiger partial charge in [-0.3, -0.25) is 14.3 Å². The molecule has 0 bridgehead atoms. The van der Waals surface area contributed by atoms with Crippen molar-refractivity contribution in [3.8, 4) is 0 Å². The SMILES string of the molecule is Cc1cccc(C2C(C(=O)O)CC(=O)N2Cc2c(C)nn(C)c2C)c1. The summed E-state index contributed by atoms with van der Waals surface area (Å²) in [7, 11) is 1.87. The van der Waals surface area contributed by atoms with Crippen LogP contribution in [-0.2, 0) is 23.2 Å². The van der Waals surface area contributed by atoms with Gasteiger partial charge in [0.2, 0.25) is 5.91 Å². The highest BCUT2D eigenvalue weighted by Crippen LogP contribution is 2.40. The number of benzene rings is 1. The van der Waals surface area contributed by atoms with Gasteiger partial charge in [-0.15, -0.1) is 0 Å². The Bertz CT molecular complexity index is 840. The van der Waals surface area contributed by atoms with E-state index in [9.17, 15) is 14.7 Å². The van der Waals surface area contributed by atoms with E-state index in [1.807, 2.05) is 52.1 Å². The maximum atomic E-state index is 12.6. The van der Waals surface area contributed by atoms with Crippen LogP contribution in [0.5, 0.6) is 0 Å². The van der Waals surface area contributed by atoms with Gasteiger partial charge in [0.1, 0.15) is 0 Å². The fourth-order valence-corrected chi connectivity index (χ4v) is 3.68. The van der Waals surface area contributed by atoms with Crippen LogP contribution in [0.1, 0.15) is 40.5 Å². The van der Waals surface area contributed by atoms with Gasteiger partial charge in [-0.2, -0.15) is 5.10 Å². The van der Waals surface area contributed by atoms with Gasteiger partial charge in [0, 0.05) is 31.3 Å². The van der Waals surface area contributed by atoms with E-state index < -0.39 is 17.9 Å². The number of carbonyl (C=O) groups excluding carboxylic acids is 1. The van der Waals surface area contributed by atoms with E-state index in [-0.39, 0.29) is 12.3 Å². The Morgan fingerprint density at radius 1 is 1.32 bits per heavy atom. The molecule has 2 unspecified atom stereocenters. The molecule has 0 saturated carbocycles. The summed E-state index contributed by atoms with van der Waals surface area (Å²) in [5.74, 6) is -1.78. The van der Waals surface area contributed by atoms with Crippen LogP contribution in [-0.4, -0.2) is 31.7 Å².